The summed E-state index contributed by atoms with van der Waals surface area (Å²) < 4.78 is 13.8. The van der Waals surface area contributed by atoms with Crippen molar-refractivity contribution in [2.75, 3.05) is 24.6 Å². The molecule has 1 aromatic rings. The van der Waals surface area contributed by atoms with Gasteiger partial charge >= 0.3 is 0 Å². The number of thioether (sulfide) groups is 1. The summed E-state index contributed by atoms with van der Waals surface area (Å²) in [4.78, 5) is 10.3. The normalized spacial score (nSPS) is 28.0. The standard InChI is InChI=1S/C15H23FN4S/c16-13-5-15(8-19-14-1-3-21-4-2-14)20(10-13)9-12-6-17-11-18-7-12/h6-7,11,13-15,19H,1-5,8-10H2/t13-,15-/m0/s1. The van der Waals surface area contributed by atoms with Crippen molar-refractivity contribution in [1.29, 1.82) is 0 Å². The van der Waals surface area contributed by atoms with Crippen molar-refractivity contribution in [2.45, 2.75) is 44.1 Å². The van der Waals surface area contributed by atoms with Crippen LogP contribution < -0.4 is 5.32 Å². The van der Waals surface area contributed by atoms with Gasteiger partial charge in [0.15, 0.2) is 0 Å². The molecule has 0 aromatic carbocycles. The molecule has 0 radical (unpaired) electrons. The van der Waals surface area contributed by atoms with Crippen LogP contribution >= 0.6 is 11.8 Å². The van der Waals surface area contributed by atoms with Gasteiger partial charge in [-0.2, -0.15) is 11.8 Å². The average molecular weight is 310 g/mol. The van der Waals surface area contributed by atoms with E-state index >= 15 is 0 Å². The van der Waals surface area contributed by atoms with Crippen molar-refractivity contribution < 1.29 is 4.39 Å². The van der Waals surface area contributed by atoms with Crippen molar-refractivity contribution in [1.82, 2.24) is 20.2 Å². The molecule has 0 aliphatic carbocycles. The third-order valence-electron chi connectivity index (χ3n) is 4.34. The van der Waals surface area contributed by atoms with Gasteiger partial charge in [-0.15, -0.1) is 0 Å². The van der Waals surface area contributed by atoms with Crippen molar-refractivity contribution in [3.05, 3.63) is 24.3 Å². The quantitative estimate of drug-likeness (QED) is 0.899. The minimum Gasteiger partial charge on any atom is -0.312 e. The molecule has 0 bridgehead atoms. The number of hydrogen-bond donors (Lipinski definition) is 1. The number of nitrogens with one attached hydrogen (secondary N) is 1. The molecule has 3 heterocycles. The maximum atomic E-state index is 13.8. The van der Waals surface area contributed by atoms with Gasteiger partial charge < -0.3 is 5.32 Å². The van der Waals surface area contributed by atoms with Gasteiger partial charge in [-0.25, -0.2) is 14.4 Å². The lowest BCUT2D eigenvalue weighted by molar-refractivity contribution is 0.224. The molecule has 1 aromatic heterocycles. The molecule has 3 rings (SSSR count). The lowest BCUT2D eigenvalue weighted by atomic mass is 10.1. The summed E-state index contributed by atoms with van der Waals surface area (Å²) in [5.74, 6) is 2.50. The minimum atomic E-state index is -0.705. The van der Waals surface area contributed by atoms with E-state index in [2.05, 4.69) is 20.2 Å². The topological polar surface area (TPSA) is 41.0 Å². The van der Waals surface area contributed by atoms with Crippen LogP contribution in [0.15, 0.2) is 18.7 Å². The van der Waals surface area contributed by atoms with Crippen LogP contribution in [0.25, 0.3) is 0 Å². The zero-order valence-electron chi connectivity index (χ0n) is 12.2. The molecule has 0 amide bonds. The Bertz CT molecular complexity index is 427. The van der Waals surface area contributed by atoms with Gasteiger partial charge in [0.05, 0.1) is 0 Å². The van der Waals surface area contributed by atoms with E-state index in [0.717, 1.165) is 18.7 Å². The number of halogens is 1. The molecule has 0 unspecified atom stereocenters. The van der Waals surface area contributed by atoms with E-state index in [1.54, 1.807) is 0 Å². The molecule has 0 saturated carbocycles. The maximum Gasteiger partial charge on any atom is 0.115 e. The Morgan fingerprint density at radius 1 is 1.29 bits per heavy atom. The molecule has 2 atom stereocenters. The van der Waals surface area contributed by atoms with Crippen LogP contribution in [0, 0.1) is 0 Å². The molecule has 116 valence electrons. The molecule has 0 spiro atoms. The summed E-state index contributed by atoms with van der Waals surface area (Å²) in [5.41, 5.74) is 1.06. The van der Waals surface area contributed by atoms with E-state index < -0.39 is 6.17 Å². The van der Waals surface area contributed by atoms with Crippen molar-refractivity contribution in [3.63, 3.8) is 0 Å². The monoisotopic (exact) mass is 310 g/mol. The van der Waals surface area contributed by atoms with E-state index in [-0.39, 0.29) is 6.04 Å². The second kappa shape index (κ2) is 7.51. The summed E-state index contributed by atoms with van der Waals surface area (Å²) in [5, 5.41) is 3.65. The maximum absolute atomic E-state index is 13.8. The highest BCUT2D eigenvalue weighted by molar-refractivity contribution is 7.99. The fraction of sp³-hybridized carbons (Fsp3) is 0.733. The van der Waals surface area contributed by atoms with Crippen LogP contribution in [0.4, 0.5) is 4.39 Å². The number of aromatic nitrogens is 2. The van der Waals surface area contributed by atoms with Gasteiger partial charge in [-0.05, 0) is 30.8 Å². The molecule has 21 heavy (non-hydrogen) atoms. The Balaban J connectivity index is 1.52. The molecular weight excluding hydrogens is 287 g/mol. The third kappa shape index (κ3) is 4.37. The van der Waals surface area contributed by atoms with Crippen molar-refractivity contribution >= 4 is 11.8 Å². The second-order valence-corrected chi connectivity index (χ2v) is 7.18. The van der Waals surface area contributed by atoms with Gasteiger partial charge in [-0.1, -0.05) is 0 Å². The summed E-state index contributed by atoms with van der Waals surface area (Å²) >= 11 is 2.04. The molecular formula is C15H23FN4S. The lowest BCUT2D eigenvalue weighted by Gasteiger charge is -2.28. The largest absolute Gasteiger partial charge is 0.312 e. The fourth-order valence-electron chi connectivity index (χ4n) is 3.18. The number of likely N-dealkylation sites (tertiary alicyclic amines) is 1. The molecule has 4 nitrogen and oxygen atoms in total. The van der Waals surface area contributed by atoms with Crippen LogP contribution in [0.1, 0.15) is 24.8 Å². The fourth-order valence-corrected chi connectivity index (χ4v) is 4.29. The van der Waals surface area contributed by atoms with Gasteiger partial charge in [0, 0.05) is 49.7 Å². The first kappa shape index (κ1) is 15.2. The summed E-state index contributed by atoms with van der Waals surface area (Å²) in [7, 11) is 0. The Labute approximate surface area is 129 Å². The number of nitrogens with zero attached hydrogens (tertiary/aromatic N) is 3. The highest BCUT2D eigenvalue weighted by atomic mass is 32.2. The van der Waals surface area contributed by atoms with Crippen LogP contribution in [0.5, 0.6) is 0 Å². The van der Waals surface area contributed by atoms with Crippen LogP contribution in [-0.4, -0.2) is 57.7 Å². The molecule has 1 N–H and O–H groups in total. The number of rotatable bonds is 5. The van der Waals surface area contributed by atoms with Crippen molar-refractivity contribution in [2.24, 2.45) is 0 Å². The Kier molecular flexibility index (Phi) is 5.43. The molecule has 2 fully saturated rings. The Morgan fingerprint density at radius 2 is 2.05 bits per heavy atom. The van der Waals surface area contributed by atoms with Gasteiger partial charge in [0.1, 0.15) is 12.5 Å². The lowest BCUT2D eigenvalue weighted by Crippen LogP contribution is -2.42. The van der Waals surface area contributed by atoms with Crippen LogP contribution in [0.2, 0.25) is 0 Å². The second-order valence-electron chi connectivity index (χ2n) is 5.96. The first-order valence-electron chi connectivity index (χ1n) is 7.74. The summed E-state index contributed by atoms with van der Waals surface area (Å²) in [6, 6.07) is 0.904. The summed E-state index contributed by atoms with van der Waals surface area (Å²) in [6.07, 6.45) is 7.59. The van der Waals surface area contributed by atoms with Gasteiger partial charge in [-0.3, -0.25) is 4.90 Å². The highest BCUT2D eigenvalue weighted by Crippen LogP contribution is 2.23. The first-order valence-corrected chi connectivity index (χ1v) is 8.90. The zero-order valence-corrected chi connectivity index (χ0v) is 13.1. The third-order valence-corrected chi connectivity index (χ3v) is 5.39. The van der Waals surface area contributed by atoms with Crippen LogP contribution in [-0.2, 0) is 6.54 Å². The number of alkyl halides is 1. The molecule has 2 aliphatic heterocycles. The Hall–Kier alpha value is -0.720. The molecule has 2 aliphatic rings. The van der Waals surface area contributed by atoms with Gasteiger partial charge in [0.25, 0.3) is 0 Å². The summed E-state index contributed by atoms with van der Waals surface area (Å²) in [6.45, 7) is 2.17. The van der Waals surface area contributed by atoms with E-state index in [0.29, 0.717) is 19.0 Å². The minimum absolute atomic E-state index is 0.287. The highest BCUT2D eigenvalue weighted by Gasteiger charge is 2.32. The Morgan fingerprint density at radius 3 is 2.81 bits per heavy atom. The van der Waals surface area contributed by atoms with E-state index in [9.17, 15) is 4.39 Å². The molecule has 6 heteroatoms. The molecule has 2 saturated heterocycles. The van der Waals surface area contributed by atoms with Crippen molar-refractivity contribution in [3.8, 4) is 0 Å². The number of hydrogen-bond acceptors (Lipinski definition) is 5. The van der Waals surface area contributed by atoms with E-state index in [1.165, 1.54) is 30.7 Å². The van der Waals surface area contributed by atoms with Crippen LogP contribution in [0.3, 0.4) is 0 Å². The van der Waals surface area contributed by atoms with Gasteiger partial charge in [0.2, 0.25) is 0 Å². The predicted molar refractivity (Wildman–Crippen MR) is 84.1 cm³/mol. The first-order chi connectivity index (χ1) is 10.3. The predicted octanol–water partition coefficient (Wildman–Crippen LogP) is 1.87. The smallest absolute Gasteiger partial charge is 0.115 e. The van der Waals surface area contributed by atoms with E-state index in [1.807, 2.05) is 24.2 Å². The SMILES string of the molecule is F[C@H]1C[C@@H](CNC2CCSCC2)N(Cc2cncnc2)C1. The average Bonchev–Trinajstić information content (AvgIpc) is 2.87. The van der Waals surface area contributed by atoms with E-state index in [4.69, 9.17) is 0 Å². The zero-order chi connectivity index (χ0) is 14.5.